The van der Waals surface area contributed by atoms with Crippen LogP contribution in [0.15, 0.2) is 23.1 Å². The molecule has 2 N–H and O–H groups in total. The zero-order valence-electron chi connectivity index (χ0n) is 24.9. The molecule has 0 saturated heterocycles. The standard InChI is InChI=1S/C30H40N2O8/c1-11-22-18(12-17(2)3)25(33)19(15-31-22)26(34)32-23-14-24(40-28(36)38-10)21(13-20(23)29(4,5)6)30(7,8)16-39-27(35)37-9/h11-15,17,31H,16H2,1-10H3,(H,32,34)/b18-12+,22-11+. The Bertz CT molecular complexity index is 1450. The normalized spacial score (nSPS) is 12.8. The summed E-state index contributed by atoms with van der Waals surface area (Å²) in [5, 5.41) is 3.88. The monoisotopic (exact) mass is 556 g/mol. The summed E-state index contributed by atoms with van der Waals surface area (Å²) >= 11 is 0. The highest BCUT2D eigenvalue weighted by molar-refractivity contribution is 6.04. The van der Waals surface area contributed by atoms with Gasteiger partial charge in [0.25, 0.3) is 5.91 Å². The van der Waals surface area contributed by atoms with Crippen LogP contribution in [0.25, 0.3) is 12.2 Å². The third kappa shape index (κ3) is 7.74. The Morgan fingerprint density at radius 1 is 1.00 bits per heavy atom. The summed E-state index contributed by atoms with van der Waals surface area (Å²) in [6.07, 6.45) is 3.14. The molecule has 0 aliphatic heterocycles. The first-order valence-electron chi connectivity index (χ1n) is 12.9. The first-order chi connectivity index (χ1) is 18.5. The van der Waals surface area contributed by atoms with Crippen LogP contribution in [0.4, 0.5) is 15.3 Å². The van der Waals surface area contributed by atoms with Crippen LogP contribution < -0.4 is 26.1 Å². The fourth-order valence-corrected chi connectivity index (χ4v) is 4.08. The van der Waals surface area contributed by atoms with Gasteiger partial charge < -0.3 is 29.2 Å². The number of anilines is 1. The minimum atomic E-state index is -0.969. The highest BCUT2D eigenvalue weighted by Crippen LogP contribution is 2.41. The number of hydrogen-bond donors (Lipinski definition) is 2. The van der Waals surface area contributed by atoms with Gasteiger partial charge in [0.15, 0.2) is 0 Å². The van der Waals surface area contributed by atoms with Crippen LogP contribution in [-0.4, -0.2) is 44.0 Å². The Labute approximate surface area is 234 Å². The zero-order chi connectivity index (χ0) is 30.4. The number of hydrogen-bond acceptors (Lipinski definition) is 8. The molecule has 0 fully saturated rings. The van der Waals surface area contributed by atoms with Gasteiger partial charge in [-0.3, -0.25) is 9.59 Å². The molecule has 1 heterocycles. The number of aromatic nitrogens is 1. The van der Waals surface area contributed by atoms with Crippen LogP contribution in [0.1, 0.15) is 76.9 Å². The zero-order valence-corrected chi connectivity index (χ0v) is 24.9. The molecule has 10 nitrogen and oxygen atoms in total. The molecule has 0 unspecified atom stereocenters. The molecule has 2 aromatic rings. The number of carbonyl (C=O) groups excluding carboxylic acids is 3. The Morgan fingerprint density at radius 2 is 1.62 bits per heavy atom. The summed E-state index contributed by atoms with van der Waals surface area (Å²) < 4.78 is 20.0. The Kier molecular flexibility index (Phi) is 10.3. The summed E-state index contributed by atoms with van der Waals surface area (Å²) in [6, 6.07) is 3.29. The molecule has 0 saturated carbocycles. The molecule has 2 rings (SSSR count). The van der Waals surface area contributed by atoms with Crippen molar-refractivity contribution in [2.24, 2.45) is 5.92 Å². The van der Waals surface area contributed by atoms with E-state index in [0.717, 1.165) is 0 Å². The number of nitrogens with one attached hydrogen (secondary N) is 2. The number of H-pyrrole nitrogens is 1. The van der Waals surface area contributed by atoms with Crippen molar-refractivity contribution in [2.75, 3.05) is 26.1 Å². The maximum Gasteiger partial charge on any atom is 0.513 e. The summed E-state index contributed by atoms with van der Waals surface area (Å²) in [6.45, 7) is 15.1. The van der Waals surface area contributed by atoms with E-state index in [2.05, 4.69) is 15.0 Å². The van der Waals surface area contributed by atoms with Crippen LogP contribution in [0.5, 0.6) is 5.75 Å². The number of ether oxygens (including phenoxy) is 4. The van der Waals surface area contributed by atoms with Crippen molar-refractivity contribution in [2.45, 2.75) is 66.2 Å². The predicted octanol–water partition coefficient (Wildman–Crippen LogP) is 4.37. The van der Waals surface area contributed by atoms with Gasteiger partial charge in [-0.25, -0.2) is 9.59 Å². The Balaban J connectivity index is 2.74. The van der Waals surface area contributed by atoms with E-state index < -0.39 is 34.5 Å². The van der Waals surface area contributed by atoms with Gasteiger partial charge in [0.2, 0.25) is 5.43 Å². The largest absolute Gasteiger partial charge is 0.513 e. The summed E-state index contributed by atoms with van der Waals surface area (Å²) in [7, 11) is 2.38. The fourth-order valence-electron chi connectivity index (χ4n) is 4.08. The van der Waals surface area contributed by atoms with E-state index in [1.807, 2.05) is 34.6 Å². The van der Waals surface area contributed by atoms with E-state index in [4.69, 9.17) is 14.2 Å². The van der Waals surface area contributed by atoms with E-state index in [-0.39, 0.29) is 23.8 Å². The minimum Gasteiger partial charge on any atom is -0.438 e. The number of rotatable bonds is 7. The molecule has 1 aromatic heterocycles. The third-order valence-corrected chi connectivity index (χ3v) is 6.17. The molecule has 40 heavy (non-hydrogen) atoms. The number of carbonyl (C=O) groups is 3. The first-order valence-corrected chi connectivity index (χ1v) is 12.9. The van der Waals surface area contributed by atoms with E-state index in [9.17, 15) is 19.2 Å². The van der Waals surface area contributed by atoms with E-state index in [1.165, 1.54) is 26.5 Å². The molecule has 0 aliphatic rings. The van der Waals surface area contributed by atoms with Crippen molar-refractivity contribution >= 4 is 36.1 Å². The Morgan fingerprint density at radius 3 is 2.15 bits per heavy atom. The number of amides is 1. The van der Waals surface area contributed by atoms with E-state index >= 15 is 0 Å². The second-order valence-corrected chi connectivity index (χ2v) is 11.3. The van der Waals surface area contributed by atoms with Crippen molar-refractivity contribution in [3.63, 3.8) is 0 Å². The van der Waals surface area contributed by atoms with Gasteiger partial charge in [-0.15, -0.1) is 0 Å². The van der Waals surface area contributed by atoms with Gasteiger partial charge in [-0.1, -0.05) is 60.6 Å². The van der Waals surface area contributed by atoms with Gasteiger partial charge in [0.1, 0.15) is 17.9 Å². The topological polar surface area (TPSA) is 133 Å². The molecule has 10 heteroatoms. The van der Waals surface area contributed by atoms with Crippen molar-refractivity contribution in [1.29, 1.82) is 0 Å². The molecule has 0 atom stereocenters. The van der Waals surface area contributed by atoms with Crippen LogP contribution in [0, 0.1) is 5.92 Å². The number of pyridine rings is 1. The molecule has 1 aromatic carbocycles. The second-order valence-electron chi connectivity index (χ2n) is 11.3. The lowest BCUT2D eigenvalue weighted by Crippen LogP contribution is -2.44. The smallest absolute Gasteiger partial charge is 0.438 e. The maximum absolute atomic E-state index is 13.5. The predicted molar refractivity (Wildman–Crippen MR) is 153 cm³/mol. The Hall–Kier alpha value is -4.08. The first kappa shape index (κ1) is 32.1. The highest BCUT2D eigenvalue weighted by Gasteiger charge is 2.32. The average Bonchev–Trinajstić information content (AvgIpc) is 2.87. The van der Waals surface area contributed by atoms with Gasteiger partial charge >= 0.3 is 12.3 Å². The number of methoxy groups -OCH3 is 2. The van der Waals surface area contributed by atoms with Gasteiger partial charge in [-0.05, 0) is 29.9 Å². The fraction of sp³-hybridized carbons (Fsp3) is 0.467. The van der Waals surface area contributed by atoms with Crippen LogP contribution in [-0.2, 0) is 25.0 Å². The molecule has 0 radical (unpaired) electrons. The van der Waals surface area contributed by atoms with Crippen molar-refractivity contribution in [3.05, 3.63) is 55.8 Å². The van der Waals surface area contributed by atoms with Crippen LogP contribution >= 0.6 is 0 Å². The van der Waals surface area contributed by atoms with E-state index in [0.29, 0.717) is 27.4 Å². The van der Waals surface area contributed by atoms with E-state index in [1.54, 1.807) is 39.0 Å². The third-order valence-electron chi connectivity index (χ3n) is 6.17. The van der Waals surface area contributed by atoms with Crippen LogP contribution in [0.2, 0.25) is 0 Å². The molecule has 1 amide bonds. The lowest BCUT2D eigenvalue weighted by Gasteiger charge is -2.31. The number of benzene rings is 1. The maximum atomic E-state index is 13.5. The lowest BCUT2D eigenvalue weighted by atomic mass is 9.78. The average molecular weight is 557 g/mol. The van der Waals surface area contributed by atoms with Crippen LogP contribution in [0.3, 0.4) is 0 Å². The summed E-state index contributed by atoms with van der Waals surface area (Å²) in [5.74, 6) is -0.451. The molecule has 0 bridgehead atoms. The highest BCUT2D eigenvalue weighted by atomic mass is 16.7. The summed E-state index contributed by atoms with van der Waals surface area (Å²) in [4.78, 5) is 53.6. The SMILES string of the molecule is C/C=c1/[nH]cc(C(=O)Nc2cc(OC(=O)OC)c(C(C)(C)COC(=O)OC)cc2C(C)(C)C)c(=O)/c1=C/C(C)C. The van der Waals surface area contributed by atoms with Crippen molar-refractivity contribution in [3.8, 4) is 5.75 Å². The lowest BCUT2D eigenvalue weighted by molar-refractivity contribution is 0.0571. The van der Waals surface area contributed by atoms with Crippen molar-refractivity contribution < 1.29 is 33.3 Å². The molecular formula is C30H40N2O8. The van der Waals surface area contributed by atoms with Gasteiger partial charge in [0.05, 0.1) is 14.2 Å². The molecular weight excluding hydrogens is 516 g/mol. The van der Waals surface area contributed by atoms with Gasteiger partial charge in [-0.2, -0.15) is 0 Å². The molecule has 0 spiro atoms. The quantitative estimate of drug-likeness (QED) is 0.380. The van der Waals surface area contributed by atoms with Gasteiger partial charge in [0, 0.05) is 39.5 Å². The molecule has 0 aliphatic carbocycles. The minimum absolute atomic E-state index is 0.0660. The number of aromatic amines is 1. The molecule has 218 valence electrons. The van der Waals surface area contributed by atoms with Crippen molar-refractivity contribution in [1.82, 2.24) is 4.98 Å². The second kappa shape index (κ2) is 12.8. The summed E-state index contributed by atoms with van der Waals surface area (Å²) in [5.41, 5.74) is -0.245.